The zero-order valence-corrected chi connectivity index (χ0v) is 18.8. The van der Waals surface area contributed by atoms with E-state index >= 15 is 0 Å². The van der Waals surface area contributed by atoms with Crippen molar-refractivity contribution in [2.75, 3.05) is 13.2 Å². The van der Waals surface area contributed by atoms with E-state index in [4.69, 9.17) is 25.5 Å². The normalized spacial score (nSPS) is 24.7. The first-order valence-electron chi connectivity index (χ1n) is 10.9. The van der Waals surface area contributed by atoms with Crippen LogP contribution < -0.4 is 14.8 Å². The Bertz CT molecular complexity index is 993. The quantitative estimate of drug-likeness (QED) is 0.543. The highest BCUT2D eigenvalue weighted by Gasteiger charge is 2.34. The van der Waals surface area contributed by atoms with E-state index in [1.54, 1.807) is 18.2 Å². The van der Waals surface area contributed by atoms with E-state index in [1.165, 1.54) is 6.20 Å². The number of aliphatic hydroxyl groups is 1. The first kappa shape index (κ1) is 24.6. The summed E-state index contributed by atoms with van der Waals surface area (Å²) in [5.74, 6) is 0.819. The van der Waals surface area contributed by atoms with Gasteiger partial charge >= 0.3 is 12.4 Å². The average Bonchev–Trinajstić information content (AvgIpc) is 3.26. The first-order chi connectivity index (χ1) is 16.2. The molecule has 186 valence electrons. The van der Waals surface area contributed by atoms with Crippen LogP contribution in [0.2, 0.25) is 5.02 Å². The van der Waals surface area contributed by atoms with Crippen molar-refractivity contribution in [3.05, 3.63) is 40.7 Å². The van der Waals surface area contributed by atoms with Gasteiger partial charge < -0.3 is 24.3 Å². The molecule has 0 saturated heterocycles. The van der Waals surface area contributed by atoms with Gasteiger partial charge in [-0.15, -0.1) is 13.2 Å². The van der Waals surface area contributed by atoms with Crippen LogP contribution in [0.15, 0.2) is 28.8 Å². The molecule has 0 radical (unpaired) electrons. The highest BCUT2D eigenvalue weighted by Crippen LogP contribution is 2.37. The molecule has 2 atom stereocenters. The summed E-state index contributed by atoms with van der Waals surface area (Å²) in [6.45, 7) is -0.999. The molecule has 1 aromatic heterocycles. The minimum Gasteiger partial charge on any atom is -0.480 e. The van der Waals surface area contributed by atoms with Crippen LogP contribution in [0, 0.1) is 0 Å². The van der Waals surface area contributed by atoms with E-state index in [-0.39, 0.29) is 37.0 Å². The van der Waals surface area contributed by atoms with E-state index in [0.29, 0.717) is 34.9 Å². The number of halogens is 4. The van der Waals surface area contributed by atoms with Crippen molar-refractivity contribution in [2.24, 2.45) is 0 Å². The van der Waals surface area contributed by atoms with Crippen LogP contribution in [0.1, 0.15) is 55.4 Å². The molecule has 12 heteroatoms. The van der Waals surface area contributed by atoms with Crippen molar-refractivity contribution in [2.45, 2.75) is 62.6 Å². The van der Waals surface area contributed by atoms with Crippen LogP contribution >= 0.6 is 11.6 Å². The van der Waals surface area contributed by atoms with Crippen molar-refractivity contribution < 1.29 is 41.7 Å². The average molecular weight is 505 g/mol. The minimum absolute atomic E-state index is 0.0470. The standard InChI is InChI=1S/C22H24ClF3N2O6/c23-13-3-6-17-15(9-13)16(29)10-18(33-17)20(30)28-14-4-1-12(2-5-14)19-11-27-21(34-19)31-7-8-32-22(24,25)26/h3,6,9,11-12,14,16,18,29H,1-2,4-5,7-8,10H2,(H,28,30)/t12?,14?,16-,18-/m1/s1. The first-order valence-corrected chi connectivity index (χ1v) is 11.3. The summed E-state index contributed by atoms with van der Waals surface area (Å²) in [6.07, 6.45) is -1.94. The number of nitrogens with one attached hydrogen (secondary N) is 1. The lowest BCUT2D eigenvalue weighted by Gasteiger charge is -2.32. The highest BCUT2D eigenvalue weighted by molar-refractivity contribution is 6.30. The Labute approximate surface area is 198 Å². The van der Waals surface area contributed by atoms with Gasteiger partial charge in [0.1, 0.15) is 18.1 Å². The van der Waals surface area contributed by atoms with Crippen LogP contribution in [-0.2, 0) is 9.53 Å². The summed E-state index contributed by atoms with van der Waals surface area (Å²) in [5, 5.41) is 13.9. The van der Waals surface area contributed by atoms with Gasteiger partial charge in [0.2, 0.25) is 0 Å². The second-order valence-corrected chi connectivity index (χ2v) is 8.70. The molecule has 0 bridgehead atoms. The molecular weight excluding hydrogens is 481 g/mol. The third-order valence-corrected chi connectivity index (χ3v) is 6.12. The van der Waals surface area contributed by atoms with Crippen LogP contribution in [0.4, 0.5) is 13.2 Å². The molecular formula is C22H24ClF3N2O6. The van der Waals surface area contributed by atoms with E-state index in [1.807, 2.05) is 0 Å². The Morgan fingerprint density at radius 1 is 1.24 bits per heavy atom. The van der Waals surface area contributed by atoms with Crippen LogP contribution in [0.3, 0.4) is 0 Å². The number of carbonyl (C=O) groups is 1. The molecule has 1 aliphatic carbocycles. The van der Waals surface area contributed by atoms with Gasteiger partial charge in [0, 0.05) is 29.0 Å². The number of aromatic nitrogens is 1. The molecule has 34 heavy (non-hydrogen) atoms. The third-order valence-electron chi connectivity index (χ3n) is 5.88. The molecule has 2 aromatic rings. The fourth-order valence-electron chi connectivity index (χ4n) is 4.21. The lowest BCUT2D eigenvalue weighted by atomic mass is 9.84. The topological polar surface area (TPSA) is 103 Å². The number of oxazole rings is 1. The summed E-state index contributed by atoms with van der Waals surface area (Å²) in [5.41, 5.74) is 0.570. The van der Waals surface area contributed by atoms with Gasteiger partial charge in [0.15, 0.2) is 6.10 Å². The number of rotatable bonds is 7. The smallest absolute Gasteiger partial charge is 0.480 e. The van der Waals surface area contributed by atoms with Crippen molar-refractivity contribution in [3.8, 4) is 11.8 Å². The van der Waals surface area contributed by atoms with Gasteiger partial charge in [-0.05, 0) is 43.9 Å². The number of fused-ring (bicyclic) bond motifs is 1. The molecule has 2 aliphatic rings. The zero-order chi connectivity index (χ0) is 24.3. The predicted molar refractivity (Wildman–Crippen MR) is 113 cm³/mol. The van der Waals surface area contributed by atoms with Gasteiger partial charge in [0.25, 0.3) is 5.91 Å². The maximum absolute atomic E-state index is 12.7. The number of benzene rings is 1. The number of alkyl halides is 3. The van der Waals surface area contributed by atoms with Gasteiger partial charge in [-0.25, -0.2) is 0 Å². The van der Waals surface area contributed by atoms with E-state index in [9.17, 15) is 23.1 Å². The van der Waals surface area contributed by atoms with Gasteiger partial charge in [-0.3, -0.25) is 9.53 Å². The number of hydrogen-bond donors (Lipinski definition) is 2. The fraction of sp³-hybridized carbons (Fsp3) is 0.545. The Hall–Kier alpha value is -2.50. The molecule has 1 fully saturated rings. The summed E-state index contributed by atoms with van der Waals surface area (Å²) in [6, 6.07) is 4.87. The number of nitrogens with zero attached hydrogens (tertiary/aromatic N) is 1. The number of carbonyl (C=O) groups excluding carboxylic acids is 1. The van der Waals surface area contributed by atoms with Crippen LogP contribution in [0.25, 0.3) is 0 Å². The van der Waals surface area contributed by atoms with Crippen LogP contribution in [0.5, 0.6) is 11.8 Å². The number of aliphatic hydroxyl groups excluding tert-OH is 1. The van der Waals surface area contributed by atoms with E-state index in [2.05, 4.69) is 15.0 Å². The lowest BCUT2D eigenvalue weighted by Crippen LogP contribution is -2.46. The maximum Gasteiger partial charge on any atom is 0.522 e. The van der Waals surface area contributed by atoms with Crippen molar-refractivity contribution in [1.82, 2.24) is 10.3 Å². The van der Waals surface area contributed by atoms with Crippen molar-refractivity contribution in [3.63, 3.8) is 0 Å². The number of ether oxygens (including phenoxy) is 3. The Morgan fingerprint density at radius 3 is 2.74 bits per heavy atom. The molecule has 0 spiro atoms. The van der Waals surface area contributed by atoms with Gasteiger partial charge in [-0.1, -0.05) is 11.6 Å². The number of amides is 1. The summed E-state index contributed by atoms with van der Waals surface area (Å²) >= 11 is 5.96. The van der Waals surface area contributed by atoms with E-state index in [0.717, 1.165) is 12.8 Å². The minimum atomic E-state index is -4.71. The molecule has 1 amide bonds. The molecule has 1 saturated carbocycles. The van der Waals surface area contributed by atoms with Gasteiger partial charge in [-0.2, -0.15) is 4.98 Å². The molecule has 2 N–H and O–H groups in total. The Morgan fingerprint density at radius 2 is 2.00 bits per heavy atom. The fourth-order valence-corrected chi connectivity index (χ4v) is 4.39. The second kappa shape index (κ2) is 10.4. The van der Waals surface area contributed by atoms with Crippen LogP contribution in [-0.4, -0.2) is 47.7 Å². The molecule has 2 heterocycles. The van der Waals surface area contributed by atoms with Gasteiger partial charge in [0.05, 0.1) is 18.9 Å². The maximum atomic E-state index is 12.7. The monoisotopic (exact) mass is 504 g/mol. The zero-order valence-electron chi connectivity index (χ0n) is 18.0. The summed E-state index contributed by atoms with van der Waals surface area (Å²) < 4.78 is 55.9. The SMILES string of the molecule is O=C(NC1CCC(c2cnc(OCCOC(F)(F)F)o2)CC1)[C@H]1C[C@@H](O)c2cc(Cl)ccc2O1. The highest BCUT2D eigenvalue weighted by atomic mass is 35.5. The summed E-state index contributed by atoms with van der Waals surface area (Å²) in [7, 11) is 0. The van der Waals surface area contributed by atoms with E-state index < -0.39 is 25.2 Å². The third kappa shape index (κ3) is 6.34. The molecule has 1 aliphatic heterocycles. The molecule has 4 rings (SSSR count). The largest absolute Gasteiger partial charge is 0.522 e. The molecule has 1 aromatic carbocycles. The van der Waals surface area contributed by atoms with Crippen molar-refractivity contribution >= 4 is 17.5 Å². The molecule has 8 nitrogen and oxygen atoms in total. The number of hydrogen-bond acceptors (Lipinski definition) is 7. The predicted octanol–water partition coefficient (Wildman–Crippen LogP) is 4.27. The Kier molecular flexibility index (Phi) is 7.54. The second-order valence-electron chi connectivity index (χ2n) is 8.27. The summed E-state index contributed by atoms with van der Waals surface area (Å²) in [4.78, 5) is 16.7. The lowest BCUT2D eigenvalue weighted by molar-refractivity contribution is -0.325. The molecule has 0 unspecified atom stereocenters. The Balaban J connectivity index is 1.22. The van der Waals surface area contributed by atoms with Crippen molar-refractivity contribution in [1.29, 1.82) is 0 Å².